The number of hydrogen-bond acceptors (Lipinski definition) is 2. The number of ether oxygens (including phenoxy) is 1. The van der Waals surface area contributed by atoms with Crippen LogP contribution in [0.15, 0.2) is 30.4 Å². The summed E-state index contributed by atoms with van der Waals surface area (Å²) in [5.41, 5.74) is 2.60. The van der Waals surface area contributed by atoms with Crippen LogP contribution < -0.4 is 4.74 Å². The predicted octanol–water partition coefficient (Wildman–Crippen LogP) is 3.18. The Kier molecular flexibility index (Phi) is 3.67. The molecule has 0 aliphatic carbocycles. The van der Waals surface area contributed by atoms with Gasteiger partial charge in [0.25, 0.3) is 0 Å². The maximum Gasteiger partial charge on any atom is 0.338 e. The van der Waals surface area contributed by atoms with Gasteiger partial charge in [-0.1, -0.05) is 25.6 Å². The zero-order valence-electron chi connectivity index (χ0n) is 9.46. The number of rotatable bonds is 3. The van der Waals surface area contributed by atoms with Gasteiger partial charge in [-0.25, -0.2) is 4.79 Å². The second-order valence-corrected chi connectivity index (χ2v) is 3.54. The molecule has 0 aliphatic rings. The average molecular weight is 204 g/mol. The molecule has 0 fully saturated rings. The molecule has 0 radical (unpaired) electrons. The number of carbonyl (C=O) groups excluding carboxylic acids is 1. The smallest absolute Gasteiger partial charge is 0.338 e. The molecule has 0 atom stereocenters. The minimum Gasteiger partial charge on any atom is -0.423 e. The lowest BCUT2D eigenvalue weighted by molar-refractivity contribution is -0.130. The van der Waals surface area contributed by atoms with Crippen molar-refractivity contribution in [3.8, 4) is 5.75 Å². The van der Waals surface area contributed by atoms with Crippen LogP contribution in [0.25, 0.3) is 0 Å². The van der Waals surface area contributed by atoms with Gasteiger partial charge < -0.3 is 4.74 Å². The summed E-state index contributed by atoms with van der Waals surface area (Å²) in [7, 11) is 0. The van der Waals surface area contributed by atoms with Crippen molar-refractivity contribution in [1.29, 1.82) is 0 Å². The van der Waals surface area contributed by atoms with Crippen molar-refractivity contribution in [2.24, 2.45) is 0 Å². The van der Waals surface area contributed by atoms with E-state index in [1.165, 1.54) is 0 Å². The van der Waals surface area contributed by atoms with Crippen LogP contribution in [0, 0.1) is 13.8 Å². The van der Waals surface area contributed by atoms with Crippen LogP contribution in [-0.2, 0) is 4.79 Å². The lowest BCUT2D eigenvalue weighted by Crippen LogP contribution is -2.10. The first-order valence-corrected chi connectivity index (χ1v) is 5.02. The Morgan fingerprint density at radius 3 is 2.67 bits per heavy atom. The van der Waals surface area contributed by atoms with E-state index in [4.69, 9.17) is 4.74 Å². The lowest BCUT2D eigenvalue weighted by Gasteiger charge is -2.09. The standard InChI is InChI=1S/C13H16O2/c1-5-9(2)13(14)15-12-8-6-7-10(3)11(12)4/h6-8H,2,5H2,1,3-4H3. The zero-order valence-corrected chi connectivity index (χ0v) is 9.46. The first kappa shape index (κ1) is 11.5. The van der Waals surface area contributed by atoms with Crippen molar-refractivity contribution in [3.05, 3.63) is 41.5 Å². The highest BCUT2D eigenvalue weighted by atomic mass is 16.5. The van der Waals surface area contributed by atoms with Gasteiger partial charge in [-0.2, -0.15) is 0 Å². The quantitative estimate of drug-likeness (QED) is 0.429. The van der Waals surface area contributed by atoms with Crippen LogP contribution in [0.3, 0.4) is 0 Å². The fourth-order valence-corrected chi connectivity index (χ4v) is 1.15. The molecule has 1 aromatic rings. The number of esters is 1. The highest BCUT2D eigenvalue weighted by molar-refractivity contribution is 5.89. The molecule has 0 N–H and O–H groups in total. The summed E-state index contributed by atoms with van der Waals surface area (Å²) in [6.45, 7) is 9.45. The van der Waals surface area contributed by atoms with Crippen molar-refractivity contribution >= 4 is 5.97 Å². The summed E-state index contributed by atoms with van der Waals surface area (Å²) >= 11 is 0. The molecule has 0 amide bonds. The molecule has 0 spiro atoms. The molecule has 0 saturated heterocycles. The largest absolute Gasteiger partial charge is 0.423 e. The highest BCUT2D eigenvalue weighted by Gasteiger charge is 2.10. The van der Waals surface area contributed by atoms with E-state index < -0.39 is 0 Å². The van der Waals surface area contributed by atoms with Crippen molar-refractivity contribution in [2.45, 2.75) is 27.2 Å². The van der Waals surface area contributed by atoms with E-state index in [-0.39, 0.29) is 5.97 Å². The zero-order chi connectivity index (χ0) is 11.4. The monoisotopic (exact) mass is 204 g/mol. The summed E-state index contributed by atoms with van der Waals surface area (Å²) in [6, 6.07) is 5.66. The SMILES string of the molecule is C=C(CC)C(=O)Oc1cccc(C)c1C. The lowest BCUT2D eigenvalue weighted by atomic mass is 10.1. The second-order valence-electron chi connectivity index (χ2n) is 3.54. The Labute approximate surface area is 90.6 Å². The molecule has 0 aromatic heterocycles. The normalized spacial score (nSPS) is 9.80. The van der Waals surface area contributed by atoms with Crippen molar-refractivity contribution in [1.82, 2.24) is 0 Å². The topological polar surface area (TPSA) is 26.3 Å². The average Bonchev–Trinajstić information content (AvgIpc) is 2.23. The van der Waals surface area contributed by atoms with Gasteiger partial charge in [0.15, 0.2) is 0 Å². The molecule has 0 aliphatic heterocycles. The number of aryl methyl sites for hydroxylation is 1. The van der Waals surface area contributed by atoms with Crippen LogP contribution in [0.4, 0.5) is 0 Å². The van der Waals surface area contributed by atoms with Crippen molar-refractivity contribution in [3.63, 3.8) is 0 Å². The van der Waals surface area contributed by atoms with E-state index in [1.54, 1.807) is 6.07 Å². The molecular formula is C13H16O2. The first-order valence-electron chi connectivity index (χ1n) is 5.02. The molecule has 2 heteroatoms. The minimum atomic E-state index is -0.341. The van der Waals surface area contributed by atoms with E-state index in [2.05, 4.69) is 6.58 Å². The van der Waals surface area contributed by atoms with Crippen LogP contribution in [-0.4, -0.2) is 5.97 Å². The predicted molar refractivity (Wildman–Crippen MR) is 61.0 cm³/mol. The highest BCUT2D eigenvalue weighted by Crippen LogP contribution is 2.21. The molecule has 15 heavy (non-hydrogen) atoms. The third-order valence-electron chi connectivity index (χ3n) is 2.47. The summed E-state index contributed by atoms with van der Waals surface area (Å²) < 4.78 is 5.24. The first-order chi connectivity index (χ1) is 7.06. The Morgan fingerprint density at radius 2 is 2.07 bits per heavy atom. The molecule has 2 nitrogen and oxygen atoms in total. The number of carbonyl (C=O) groups is 1. The van der Waals surface area contributed by atoms with E-state index in [1.807, 2.05) is 32.9 Å². The van der Waals surface area contributed by atoms with E-state index in [0.29, 0.717) is 17.7 Å². The second kappa shape index (κ2) is 4.78. The van der Waals surface area contributed by atoms with Crippen LogP contribution in [0.5, 0.6) is 5.75 Å². The van der Waals surface area contributed by atoms with Gasteiger partial charge >= 0.3 is 5.97 Å². The molecule has 0 unspecified atom stereocenters. The molecule has 0 bridgehead atoms. The van der Waals surface area contributed by atoms with Crippen LogP contribution >= 0.6 is 0 Å². The minimum absolute atomic E-state index is 0.341. The molecule has 0 saturated carbocycles. The van der Waals surface area contributed by atoms with Gasteiger partial charge in [0.05, 0.1) is 0 Å². The van der Waals surface area contributed by atoms with Crippen LogP contribution in [0.2, 0.25) is 0 Å². The molecule has 1 aromatic carbocycles. The van der Waals surface area contributed by atoms with Gasteiger partial charge in [-0.3, -0.25) is 0 Å². The molecule has 1 rings (SSSR count). The summed E-state index contributed by atoms with van der Waals surface area (Å²) in [6.07, 6.45) is 0.615. The van der Waals surface area contributed by atoms with Gasteiger partial charge in [0.2, 0.25) is 0 Å². The van der Waals surface area contributed by atoms with E-state index >= 15 is 0 Å². The van der Waals surface area contributed by atoms with Crippen LogP contribution in [0.1, 0.15) is 24.5 Å². The fraction of sp³-hybridized carbons (Fsp3) is 0.308. The molecule has 0 heterocycles. The summed E-state index contributed by atoms with van der Waals surface area (Å²) in [4.78, 5) is 11.5. The van der Waals surface area contributed by atoms with E-state index in [9.17, 15) is 4.79 Å². The summed E-state index contributed by atoms with van der Waals surface area (Å²) in [5.74, 6) is 0.279. The van der Waals surface area contributed by atoms with E-state index in [0.717, 1.165) is 11.1 Å². The maximum atomic E-state index is 11.5. The number of benzene rings is 1. The van der Waals surface area contributed by atoms with Gasteiger partial charge in [-0.05, 0) is 37.5 Å². The summed E-state index contributed by atoms with van der Waals surface area (Å²) in [5, 5.41) is 0. The number of hydrogen-bond donors (Lipinski definition) is 0. The third kappa shape index (κ3) is 2.69. The third-order valence-corrected chi connectivity index (χ3v) is 2.47. The van der Waals surface area contributed by atoms with Gasteiger partial charge in [0.1, 0.15) is 5.75 Å². The Hall–Kier alpha value is -1.57. The molecule has 80 valence electrons. The Morgan fingerprint density at radius 1 is 1.40 bits per heavy atom. The molecular weight excluding hydrogens is 188 g/mol. The van der Waals surface area contributed by atoms with Crippen molar-refractivity contribution in [2.75, 3.05) is 0 Å². The Balaban J connectivity index is 2.86. The van der Waals surface area contributed by atoms with Gasteiger partial charge in [0, 0.05) is 5.57 Å². The fourth-order valence-electron chi connectivity index (χ4n) is 1.15. The maximum absolute atomic E-state index is 11.5. The Bertz CT molecular complexity index is 392. The van der Waals surface area contributed by atoms with Gasteiger partial charge in [-0.15, -0.1) is 0 Å². The van der Waals surface area contributed by atoms with Crippen molar-refractivity contribution < 1.29 is 9.53 Å².